The first-order chi connectivity index (χ1) is 12.5. The molecule has 0 atom stereocenters. The summed E-state index contributed by atoms with van der Waals surface area (Å²) in [6.45, 7) is 28.3. The normalized spacial score (nSPS) is 13.2. The zero-order valence-electron chi connectivity index (χ0n) is 20.9. The van der Waals surface area contributed by atoms with Crippen molar-refractivity contribution in [3.63, 3.8) is 0 Å². The molecule has 0 aliphatic carbocycles. The fraction of sp³-hybridized carbons (Fsp3) is 0.615. The van der Waals surface area contributed by atoms with E-state index >= 15 is 0 Å². The van der Waals surface area contributed by atoms with Gasteiger partial charge in [0.1, 0.15) is 0 Å². The minimum atomic E-state index is -0.101. The van der Waals surface area contributed by atoms with Crippen LogP contribution in [0.5, 0.6) is 0 Å². The molecule has 0 radical (unpaired) electrons. The van der Waals surface area contributed by atoms with Crippen LogP contribution in [0.2, 0.25) is 0 Å². The zero-order valence-corrected chi connectivity index (χ0v) is 23.8. The van der Waals surface area contributed by atoms with Crippen LogP contribution in [0, 0.1) is 0 Å². The minimum absolute atomic E-state index is 0. The summed E-state index contributed by atoms with van der Waals surface area (Å²) in [5.41, 5.74) is 0. The Morgan fingerprint density at radius 2 is 0.862 bits per heavy atom. The maximum Gasteiger partial charge on any atom is 0 e. The van der Waals surface area contributed by atoms with Crippen molar-refractivity contribution in [2.24, 2.45) is 0 Å². The monoisotopic (exact) mass is 474 g/mol. The van der Waals surface area contributed by atoms with Crippen molar-refractivity contribution in [2.45, 2.75) is 104 Å². The zero-order chi connectivity index (χ0) is 22.0. The molecule has 3 heteroatoms. The Morgan fingerprint density at radius 1 is 0.552 bits per heavy atom. The summed E-state index contributed by atoms with van der Waals surface area (Å²) in [5, 5.41) is 4.65. The van der Waals surface area contributed by atoms with Crippen molar-refractivity contribution in [3.05, 3.63) is 48.5 Å². The molecule has 0 saturated heterocycles. The van der Waals surface area contributed by atoms with Crippen molar-refractivity contribution in [1.29, 1.82) is 0 Å². The van der Waals surface area contributed by atoms with Gasteiger partial charge < -0.3 is 29.6 Å². The first-order valence-electron chi connectivity index (χ1n) is 10.5. The third kappa shape index (κ3) is 8.99. The number of rotatable bonds is 2. The molecule has 0 aliphatic rings. The summed E-state index contributed by atoms with van der Waals surface area (Å²) in [6.07, 6.45) is 0. The third-order valence-corrected chi connectivity index (χ3v) is 11.5. The first kappa shape index (κ1) is 29.1. The first-order valence-corrected chi connectivity index (χ1v) is 13.2. The largest absolute Gasteiger partial charge is 0.747 e. The molecular weight excluding hydrogens is 430 g/mol. The van der Waals surface area contributed by atoms with E-state index in [2.05, 4.69) is 132 Å². The quantitative estimate of drug-likeness (QED) is 0.234. The van der Waals surface area contributed by atoms with Crippen molar-refractivity contribution in [2.75, 3.05) is 0 Å². The van der Waals surface area contributed by atoms with E-state index in [1.54, 1.807) is 10.6 Å². The second kappa shape index (κ2) is 10.6. The molecule has 0 N–H and O–H groups in total. The van der Waals surface area contributed by atoms with Gasteiger partial charge in [0, 0.05) is 17.1 Å². The van der Waals surface area contributed by atoms with Crippen molar-refractivity contribution in [1.82, 2.24) is 0 Å². The fourth-order valence-corrected chi connectivity index (χ4v) is 12.7. The Labute approximate surface area is 195 Å². The summed E-state index contributed by atoms with van der Waals surface area (Å²) < 4.78 is 0. The Hall–Kier alpha value is 0.0795. The van der Waals surface area contributed by atoms with E-state index in [4.69, 9.17) is 0 Å². The summed E-state index contributed by atoms with van der Waals surface area (Å²) >= 11 is 0. The molecule has 0 fully saturated rings. The van der Waals surface area contributed by atoms with Gasteiger partial charge in [-0.25, -0.2) is 12.1 Å². The SMILES string of the molecule is CC(C)(C)P([c-]1[cH-][cH-][cH-][cH-]1)C(C)(C)C.CC(C)(C)P([c-]1cccc1)C(C)(C)C.[Fe]. The van der Waals surface area contributed by atoms with Gasteiger partial charge in [0.25, 0.3) is 0 Å². The summed E-state index contributed by atoms with van der Waals surface area (Å²) in [6, 6.07) is 17.7. The average Bonchev–Trinajstić information content (AvgIpc) is 3.06. The molecule has 2 rings (SSSR count). The van der Waals surface area contributed by atoms with Gasteiger partial charge in [0.05, 0.1) is 0 Å². The molecule has 29 heavy (non-hydrogen) atoms. The Bertz CT molecular complexity index is 579. The smallest absolute Gasteiger partial charge is 0 e. The van der Waals surface area contributed by atoms with Crippen molar-refractivity contribution in [3.8, 4) is 0 Å². The van der Waals surface area contributed by atoms with Gasteiger partial charge >= 0.3 is 0 Å². The summed E-state index contributed by atoms with van der Waals surface area (Å²) in [5.74, 6) is 0. The van der Waals surface area contributed by atoms with Crippen LogP contribution in [0.4, 0.5) is 0 Å². The second-order valence-electron chi connectivity index (χ2n) is 11.6. The van der Waals surface area contributed by atoms with E-state index < -0.39 is 0 Å². The molecular formula is C26H44FeP2-6. The Morgan fingerprint density at radius 3 is 1.14 bits per heavy atom. The second-order valence-corrected chi connectivity index (χ2v) is 19.4. The molecule has 0 amide bonds. The van der Waals surface area contributed by atoms with Crippen LogP contribution < -0.4 is 10.6 Å². The molecule has 2 aromatic carbocycles. The number of hydrogen-bond acceptors (Lipinski definition) is 0. The summed E-state index contributed by atoms with van der Waals surface area (Å²) in [7, 11) is -0.202. The van der Waals surface area contributed by atoms with Gasteiger partial charge in [-0.3, -0.25) is 7.92 Å². The fourth-order valence-electron chi connectivity index (χ4n) is 4.59. The van der Waals surface area contributed by atoms with E-state index in [9.17, 15) is 0 Å². The van der Waals surface area contributed by atoms with Gasteiger partial charge in [-0.1, -0.05) is 83.1 Å². The standard InChI is InChI=1S/2C13H22P.Fe/c2*1-12(2,3)14(13(4,5)6)11-9-7-8-10-11;/h2*7-10H,1-6H3;/q-5;-1;. The molecule has 2 aromatic rings. The maximum absolute atomic E-state index is 2.36. The molecule has 0 bridgehead atoms. The van der Waals surface area contributed by atoms with Crippen LogP contribution >= 0.6 is 15.8 Å². The maximum atomic E-state index is 2.36. The van der Waals surface area contributed by atoms with Crippen LogP contribution in [0.25, 0.3) is 0 Å². The van der Waals surface area contributed by atoms with E-state index in [0.717, 1.165) is 0 Å². The molecule has 0 saturated carbocycles. The Kier molecular flexibility index (Phi) is 10.6. The molecule has 0 aliphatic heterocycles. The number of hydrogen-bond donors (Lipinski definition) is 0. The molecule has 0 nitrogen and oxygen atoms in total. The van der Waals surface area contributed by atoms with Crippen LogP contribution in [0.1, 0.15) is 83.1 Å². The van der Waals surface area contributed by atoms with E-state index in [1.807, 2.05) is 0 Å². The van der Waals surface area contributed by atoms with Gasteiger partial charge in [-0.2, -0.15) is 12.1 Å². The minimum Gasteiger partial charge on any atom is -0.747 e. The van der Waals surface area contributed by atoms with Crippen LogP contribution in [-0.4, -0.2) is 20.6 Å². The molecule has 0 heterocycles. The van der Waals surface area contributed by atoms with Gasteiger partial charge in [0.2, 0.25) is 0 Å². The van der Waals surface area contributed by atoms with Crippen LogP contribution in [-0.2, 0) is 17.1 Å². The van der Waals surface area contributed by atoms with Gasteiger partial charge in [-0.05, 0) is 20.6 Å². The van der Waals surface area contributed by atoms with Gasteiger partial charge in [0.15, 0.2) is 0 Å². The van der Waals surface area contributed by atoms with Gasteiger partial charge in [-0.15, -0.1) is 13.2 Å². The molecule has 0 unspecified atom stereocenters. The van der Waals surface area contributed by atoms with E-state index in [0.29, 0.717) is 20.6 Å². The predicted molar refractivity (Wildman–Crippen MR) is 136 cm³/mol. The van der Waals surface area contributed by atoms with E-state index in [-0.39, 0.29) is 32.9 Å². The predicted octanol–water partition coefficient (Wildman–Crippen LogP) is 8.22. The molecule has 0 aromatic heterocycles. The van der Waals surface area contributed by atoms with Crippen LogP contribution in [0.3, 0.4) is 0 Å². The third-order valence-electron chi connectivity index (χ3n) is 4.49. The summed E-state index contributed by atoms with van der Waals surface area (Å²) in [4.78, 5) is 0. The van der Waals surface area contributed by atoms with Crippen LogP contribution in [0.15, 0.2) is 48.5 Å². The van der Waals surface area contributed by atoms with Crippen molar-refractivity contribution >= 4 is 26.5 Å². The van der Waals surface area contributed by atoms with Crippen molar-refractivity contribution < 1.29 is 17.1 Å². The topological polar surface area (TPSA) is 0 Å². The molecule has 0 spiro atoms. The molecule has 172 valence electrons. The van der Waals surface area contributed by atoms with E-state index in [1.165, 1.54) is 0 Å². The average molecular weight is 474 g/mol. The Balaban J connectivity index is 0.000000523.